The molecule has 0 atom stereocenters. The minimum Gasteiger partial charge on any atom is -0.508 e. The molecule has 76 valence electrons. The molecule has 0 spiro atoms. The predicted octanol–water partition coefficient (Wildman–Crippen LogP) is 3.31. The highest BCUT2D eigenvalue weighted by molar-refractivity contribution is 5.45. The summed E-state index contributed by atoms with van der Waals surface area (Å²) in [5.41, 5.74) is 4.05. The third kappa shape index (κ3) is 1.41. The van der Waals surface area contributed by atoms with E-state index in [1.807, 2.05) is 13.0 Å². The van der Waals surface area contributed by atoms with E-state index in [-0.39, 0.29) is 5.41 Å². The summed E-state index contributed by atoms with van der Waals surface area (Å²) in [5.74, 6) is 0.446. The second kappa shape index (κ2) is 3.01. The van der Waals surface area contributed by atoms with Crippen molar-refractivity contribution in [3.63, 3.8) is 0 Å². The molecule has 0 amide bonds. The summed E-state index contributed by atoms with van der Waals surface area (Å²) in [4.78, 5) is 0. The lowest BCUT2D eigenvalue weighted by atomic mass is 9.72. The monoisotopic (exact) mass is 190 g/mol. The molecule has 0 heterocycles. The SMILES string of the molecule is Cc1cc2c(cc1O)CCCC2(C)C. The Kier molecular flexibility index (Phi) is 2.06. The number of aromatic hydroxyl groups is 1. The molecule has 0 unspecified atom stereocenters. The van der Waals surface area contributed by atoms with Gasteiger partial charge in [-0.05, 0) is 54.4 Å². The molecule has 2 rings (SSSR count). The first-order valence-electron chi connectivity index (χ1n) is 5.34. The topological polar surface area (TPSA) is 20.2 Å². The molecule has 1 aliphatic carbocycles. The van der Waals surface area contributed by atoms with Crippen LogP contribution in [0.15, 0.2) is 12.1 Å². The Hall–Kier alpha value is -0.980. The zero-order valence-electron chi connectivity index (χ0n) is 9.22. The number of phenols is 1. The van der Waals surface area contributed by atoms with E-state index in [0.29, 0.717) is 5.75 Å². The summed E-state index contributed by atoms with van der Waals surface area (Å²) in [6.07, 6.45) is 3.61. The van der Waals surface area contributed by atoms with Gasteiger partial charge in [0.15, 0.2) is 0 Å². The van der Waals surface area contributed by atoms with Gasteiger partial charge >= 0.3 is 0 Å². The van der Waals surface area contributed by atoms with Crippen LogP contribution < -0.4 is 0 Å². The summed E-state index contributed by atoms with van der Waals surface area (Å²) in [7, 11) is 0. The Labute approximate surface area is 85.8 Å². The van der Waals surface area contributed by atoms with Gasteiger partial charge in [0.25, 0.3) is 0 Å². The van der Waals surface area contributed by atoms with Crippen molar-refractivity contribution in [3.8, 4) is 5.75 Å². The van der Waals surface area contributed by atoms with Gasteiger partial charge < -0.3 is 5.11 Å². The Morgan fingerprint density at radius 3 is 2.71 bits per heavy atom. The van der Waals surface area contributed by atoms with Crippen LogP contribution in [0, 0.1) is 6.92 Å². The standard InChI is InChI=1S/C13H18O/c1-9-7-11-10(8-12(9)14)5-4-6-13(11,2)3/h7-8,14H,4-6H2,1-3H3. The van der Waals surface area contributed by atoms with Gasteiger partial charge in [0, 0.05) is 0 Å². The van der Waals surface area contributed by atoms with Gasteiger partial charge in [-0.15, -0.1) is 0 Å². The van der Waals surface area contributed by atoms with Crippen molar-refractivity contribution >= 4 is 0 Å². The molecule has 1 nitrogen and oxygen atoms in total. The van der Waals surface area contributed by atoms with Crippen LogP contribution in [0.3, 0.4) is 0 Å². The zero-order valence-corrected chi connectivity index (χ0v) is 9.22. The lowest BCUT2D eigenvalue weighted by Gasteiger charge is -2.33. The van der Waals surface area contributed by atoms with Crippen molar-refractivity contribution < 1.29 is 5.11 Å². The molecule has 0 saturated heterocycles. The fourth-order valence-electron chi connectivity index (χ4n) is 2.43. The van der Waals surface area contributed by atoms with Gasteiger partial charge in [-0.2, -0.15) is 0 Å². The highest BCUT2D eigenvalue weighted by Gasteiger charge is 2.27. The first kappa shape index (κ1) is 9.57. The lowest BCUT2D eigenvalue weighted by molar-refractivity contribution is 0.425. The van der Waals surface area contributed by atoms with E-state index in [1.165, 1.54) is 24.0 Å². The lowest BCUT2D eigenvalue weighted by Crippen LogP contribution is -2.23. The summed E-state index contributed by atoms with van der Waals surface area (Å²) in [6.45, 7) is 6.56. The molecule has 0 aliphatic heterocycles. The van der Waals surface area contributed by atoms with Crippen molar-refractivity contribution in [1.82, 2.24) is 0 Å². The molecule has 0 aromatic heterocycles. The third-order valence-corrected chi connectivity index (χ3v) is 3.40. The number of aryl methyl sites for hydroxylation is 2. The fourth-order valence-corrected chi connectivity index (χ4v) is 2.43. The average molecular weight is 190 g/mol. The highest BCUT2D eigenvalue weighted by atomic mass is 16.3. The van der Waals surface area contributed by atoms with Gasteiger partial charge in [-0.1, -0.05) is 19.9 Å². The van der Waals surface area contributed by atoms with Crippen molar-refractivity contribution in [2.45, 2.75) is 45.4 Å². The van der Waals surface area contributed by atoms with Gasteiger partial charge in [-0.25, -0.2) is 0 Å². The number of phenolic OH excluding ortho intramolecular Hbond substituents is 1. The van der Waals surface area contributed by atoms with Crippen LogP contribution in [0.4, 0.5) is 0 Å². The van der Waals surface area contributed by atoms with Crippen LogP contribution in [0.25, 0.3) is 0 Å². The number of rotatable bonds is 0. The highest BCUT2D eigenvalue weighted by Crippen LogP contribution is 2.39. The van der Waals surface area contributed by atoms with E-state index in [2.05, 4.69) is 19.9 Å². The van der Waals surface area contributed by atoms with Crippen LogP contribution in [-0.4, -0.2) is 5.11 Å². The minimum atomic E-state index is 0.284. The zero-order chi connectivity index (χ0) is 10.3. The molecular formula is C13H18O. The van der Waals surface area contributed by atoms with Gasteiger partial charge in [0.05, 0.1) is 0 Å². The summed E-state index contributed by atoms with van der Waals surface area (Å²) >= 11 is 0. The number of hydrogen-bond donors (Lipinski definition) is 1. The maximum atomic E-state index is 9.65. The van der Waals surface area contributed by atoms with E-state index >= 15 is 0 Å². The average Bonchev–Trinajstić information content (AvgIpc) is 2.08. The van der Waals surface area contributed by atoms with Gasteiger partial charge in [-0.3, -0.25) is 0 Å². The Balaban J connectivity index is 2.59. The summed E-state index contributed by atoms with van der Waals surface area (Å²) in [6, 6.07) is 4.11. The van der Waals surface area contributed by atoms with Crippen molar-refractivity contribution in [2.24, 2.45) is 0 Å². The Morgan fingerprint density at radius 1 is 1.29 bits per heavy atom. The number of benzene rings is 1. The predicted molar refractivity (Wildman–Crippen MR) is 58.8 cm³/mol. The molecule has 0 saturated carbocycles. The van der Waals surface area contributed by atoms with Crippen LogP contribution in [0.5, 0.6) is 5.75 Å². The smallest absolute Gasteiger partial charge is 0.118 e. The van der Waals surface area contributed by atoms with E-state index in [9.17, 15) is 5.11 Å². The quantitative estimate of drug-likeness (QED) is 0.665. The number of hydrogen-bond acceptors (Lipinski definition) is 1. The fraction of sp³-hybridized carbons (Fsp3) is 0.538. The molecule has 1 aromatic carbocycles. The second-order valence-electron chi connectivity index (χ2n) is 5.03. The third-order valence-electron chi connectivity index (χ3n) is 3.40. The molecule has 0 fully saturated rings. The maximum absolute atomic E-state index is 9.65. The van der Waals surface area contributed by atoms with Gasteiger partial charge in [0.1, 0.15) is 5.75 Å². The van der Waals surface area contributed by atoms with Crippen molar-refractivity contribution in [2.75, 3.05) is 0 Å². The molecule has 1 aromatic rings. The molecule has 0 bridgehead atoms. The second-order valence-corrected chi connectivity index (χ2v) is 5.03. The van der Waals surface area contributed by atoms with E-state index in [1.54, 1.807) is 0 Å². The Bertz CT molecular complexity index is 364. The summed E-state index contributed by atoms with van der Waals surface area (Å²) < 4.78 is 0. The molecule has 0 radical (unpaired) electrons. The van der Waals surface area contributed by atoms with Crippen LogP contribution in [0.1, 0.15) is 43.4 Å². The molecule has 1 aliphatic rings. The van der Waals surface area contributed by atoms with E-state index in [0.717, 1.165) is 12.0 Å². The van der Waals surface area contributed by atoms with Crippen LogP contribution in [0.2, 0.25) is 0 Å². The molecular weight excluding hydrogens is 172 g/mol. The molecule has 1 heteroatoms. The number of fused-ring (bicyclic) bond motifs is 1. The first-order chi connectivity index (χ1) is 6.50. The summed E-state index contributed by atoms with van der Waals surface area (Å²) in [5, 5.41) is 9.65. The van der Waals surface area contributed by atoms with Crippen LogP contribution in [-0.2, 0) is 11.8 Å². The van der Waals surface area contributed by atoms with Gasteiger partial charge in [0.2, 0.25) is 0 Å². The largest absolute Gasteiger partial charge is 0.508 e. The first-order valence-corrected chi connectivity index (χ1v) is 5.34. The maximum Gasteiger partial charge on any atom is 0.118 e. The van der Waals surface area contributed by atoms with Crippen molar-refractivity contribution in [3.05, 3.63) is 28.8 Å². The Morgan fingerprint density at radius 2 is 2.00 bits per heavy atom. The van der Waals surface area contributed by atoms with E-state index < -0.39 is 0 Å². The van der Waals surface area contributed by atoms with Crippen molar-refractivity contribution in [1.29, 1.82) is 0 Å². The van der Waals surface area contributed by atoms with E-state index in [4.69, 9.17) is 0 Å². The normalized spacial score (nSPS) is 19.1. The molecule has 14 heavy (non-hydrogen) atoms. The minimum absolute atomic E-state index is 0.284. The molecule has 1 N–H and O–H groups in total. The van der Waals surface area contributed by atoms with Crippen LogP contribution >= 0.6 is 0 Å².